The number of aryl methyl sites for hydroxylation is 1. The van der Waals surface area contributed by atoms with Crippen LogP contribution < -0.4 is 19.1 Å². The van der Waals surface area contributed by atoms with Crippen molar-refractivity contribution in [1.82, 2.24) is 0 Å². The average Bonchev–Trinajstić information content (AvgIpc) is 3.40. The van der Waals surface area contributed by atoms with Gasteiger partial charge in [0.15, 0.2) is 0 Å². The zero-order valence-electron chi connectivity index (χ0n) is 20.0. The van der Waals surface area contributed by atoms with Crippen molar-refractivity contribution in [3.63, 3.8) is 0 Å². The molecule has 1 N–H and O–H groups in total. The van der Waals surface area contributed by atoms with Crippen LogP contribution in [-0.4, -0.2) is 37.1 Å². The van der Waals surface area contributed by atoms with Crippen LogP contribution in [0.1, 0.15) is 37.0 Å². The lowest BCUT2D eigenvalue weighted by Crippen LogP contribution is -2.29. The molecule has 8 nitrogen and oxygen atoms in total. The van der Waals surface area contributed by atoms with E-state index in [0.29, 0.717) is 47.7 Å². The molecule has 1 fully saturated rings. The van der Waals surface area contributed by atoms with E-state index in [1.165, 1.54) is 12.0 Å². The number of methoxy groups -OCH3 is 1. The SMILES string of the molecule is CCOc1ccc(/C(O)=C2/C(=O)C(=O)N(c3ccccc3OC)C2c2ccc(C)o2)c(OCC)c1. The smallest absolute Gasteiger partial charge is 0.300 e. The number of aliphatic hydroxyl groups is 1. The molecule has 4 rings (SSSR count). The van der Waals surface area contributed by atoms with Gasteiger partial charge in [0.25, 0.3) is 11.7 Å². The third-order valence-corrected chi connectivity index (χ3v) is 5.64. The van der Waals surface area contributed by atoms with Crippen LogP contribution in [0.15, 0.2) is 64.6 Å². The zero-order chi connectivity index (χ0) is 25.1. The second-order valence-corrected chi connectivity index (χ2v) is 7.81. The molecule has 0 radical (unpaired) electrons. The molecule has 1 amide bonds. The summed E-state index contributed by atoms with van der Waals surface area (Å²) in [4.78, 5) is 28.0. The summed E-state index contributed by atoms with van der Waals surface area (Å²) < 4.78 is 22.6. The van der Waals surface area contributed by atoms with E-state index in [-0.39, 0.29) is 16.9 Å². The molecule has 2 heterocycles. The Morgan fingerprint density at radius 3 is 2.40 bits per heavy atom. The normalized spacial score (nSPS) is 17.0. The highest BCUT2D eigenvalue weighted by molar-refractivity contribution is 6.51. The van der Waals surface area contributed by atoms with Crippen LogP contribution in [0.4, 0.5) is 5.69 Å². The Morgan fingerprint density at radius 2 is 1.74 bits per heavy atom. The Hall–Kier alpha value is -4.20. The van der Waals surface area contributed by atoms with E-state index in [1.54, 1.807) is 61.5 Å². The number of amides is 1. The third kappa shape index (κ3) is 4.35. The fraction of sp³-hybridized carbons (Fsp3) is 0.259. The van der Waals surface area contributed by atoms with Crippen molar-refractivity contribution in [3.8, 4) is 17.2 Å². The summed E-state index contributed by atoms with van der Waals surface area (Å²) in [6.07, 6.45) is 0. The predicted octanol–water partition coefficient (Wildman–Crippen LogP) is 5.02. The van der Waals surface area contributed by atoms with Gasteiger partial charge in [0.1, 0.15) is 40.6 Å². The molecule has 182 valence electrons. The monoisotopic (exact) mass is 477 g/mol. The van der Waals surface area contributed by atoms with E-state index in [1.807, 2.05) is 13.8 Å². The summed E-state index contributed by atoms with van der Waals surface area (Å²) in [7, 11) is 1.48. The summed E-state index contributed by atoms with van der Waals surface area (Å²) in [5.41, 5.74) is 0.536. The molecule has 1 aromatic heterocycles. The summed E-state index contributed by atoms with van der Waals surface area (Å²) in [5, 5.41) is 11.5. The van der Waals surface area contributed by atoms with Gasteiger partial charge in [-0.15, -0.1) is 0 Å². The Bertz CT molecular complexity index is 1290. The number of nitrogens with zero attached hydrogens (tertiary/aromatic N) is 1. The summed E-state index contributed by atoms with van der Waals surface area (Å²) in [6, 6.07) is 14.2. The first kappa shape index (κ1) is 23.9. The van der Waals surface area contributed by atoms with Crippen LogP contribution in [-0.2, 0) is 9.59 Å². The largest absolute Gasteiger partial charge is 0.507 e. The lowest BCUT2D eigenvalue weighted by Gasteiger charge is -2.25. The Morgan fingerprint density at radius 1 is 1.00 bits per heavy atom. The minimum Gasteiger partial charge on any atom is -0.507 e. The molecule has 0 saturated carbocycles. The van der Waals surface area contributed by atoms with Gasteiger partial charge in [-0.2, -0.15) is 0 Å². The fourth-order valence-corrected chi connectivity index (χ4v) is 4.15. The first-order valence-corrected chi connectivity index (χ1v) is 11.3. The number of hydrogen-bond acceptors (Lipinski definition) is 7. The summed E-state index contributed by atoms with van der Waals surface area (Å²) >= 11 is 0. The molecule has 0 aliphatic carbocycles. The molecular weight excluding hydrogens is 450 g/mol. The topological polar surface area (TPSA) is 98.4 Å². The van der Waals surface area contributed by atoms with Crippen molar-refractivity contribution < 1.29 is 33.3 Å². The number of aliphatic hydroxyl groups excluding tert-OH is 1. The first-order valence-electron chi connectivity index (χ1n) is 11.3. The number of anilines is 1. The average molecular weight is 478 g/mol. The van der Waals surface area contributed by atoms with Crippen LogP contribution >= 0.6 is 0 Å². The van der Waals surface area contributed by atoms with Gasteiger partial charge in [0.05, 0.1) is 37.1 Å². The summed E-state index contributed by atoms with van der Waals surface area (Å²) in [5.74, 6) is 0.196. The minimum absolute atomic E-state index is 0.111. The number of benzene rings is 2. The molecule has 0 spiro atoms. The molecule has 2 aromatic carbocycles. The number of rotatable bonds is 8. The van der Waals surface area contributed by atoms with Crippen molar-refractivity contribution in [2.75, 3.05) is 25.2 Å². The lowest BCUT2D eigenvalue weighted by atomic mass is 9.98. The number of para-hydroxylation sites is 2. The molecule has 1 aliphatic heterocycles. The van der Waals surface area contributed by atoms with Crippen molar-refractivity contribution in [3.05, 3.63) is 77.3 Å². The Kier molecular flexibility index (Phi) is 6.82. The zero-order valence-corrected chi connectivity index (χ0v) is 20.0. The van der Waals surface area contributed by atoms with Gasteiger partial charge in [0, 0.05) is 6.07 Å². The van der Waals surface area contributed by atoms with E-state index in [2.05, 4.69) is 0 Å². The Labute approximate surface area is 203 Å². The maximum Gasteiger partial charge on any atom is 0.300 e. The van der Waals surface area contributed by atoms with Gasteiger partial charge in [-0.3, -0.25) is 14.5 Å². The molecule has 1 atom stereocenters. The third-order valence-electron chi connectivity index (χ3n) is 5.64. The van der Waals surface area contributed by atoms with Crippen molar-refractivity contribution in [2.24, 2.45) is 0 Å². The maximum absolute atomic E-state index is 13.4. The number of ketones is 1. The number of carbonyl (C=O) groups is 2. The van der Waals surface area contributed by atoms with Crippen molar-refractivity contribution in [1.29, 1.82) is 0 Å². The molecule has 1 aliphatic rings. The molecule has 1 saturated heterocycles. The van der Waals surface area contributed by atoms with Gasteiger partial charge in [-0.1, -0.05) is 12.1 Å². The fourth-order valence-electron chi connectivity index (χ4n) is 4.15. The lowest BCUT2D eigenvalue weighted by molar-refractivity contribution is -0.132. The van der Waals surface area contributed by atoms with Crippen molar-refractivity contribution >= 4 is 23.1 Å². The molecule has 8 heteroatoms. The highest BCUT2D eigenvalue weighted by atomic mass is 16.5. The second kappa shape index (κ2) is 9.97. The van der Waals surface area contributed by atoms with Gasteiger partial charge in [-0.05, 0) is 57.2 Å². The van der Waals surface area contributed by atoms with E-state index < -0.39 is 17.7 Å². The predicted molar refractivity (Wildman–Crippen MR) is 130 cm³/mol. The number of Topliss-reactive ketones (excluding diaryl/α,β-unsaturated/α-hetero) is 1. The van der Waals surface area contributed by atoms with Crippen LogP contribution in [0, 0.1) is 6.92 Å². The van der Waals surface area contributed by atoms with Crippen molar-refractivity contribution in [2.45, 2.75) is 26.8 Å². The van der Waals surface area contributed by atoms with Gasteiger partial charge in [0.2, 0.25) is 0 Å². The van der Waals surface area contributed by atoms with Gasteiger partial charge < -0.3 is 23.7 Å². The maximum atomic E-state index is 13.4. The number of ether oxygens (including phenoxy) is 3. The van der Waals surface area contributed by atoms with E-state index in [4.69, 9.17) is 18.6 Å². The van der Waals surface area contributed by atoms with E-state index in [9.17, 15) is 14.7 Å². The van der Waals surface area contributed by atoms with Crippen LogP contribution in [0.5, 0.6) is 17.2 Å². The summed E-state index contributed by atoms with van der Waals surface area (Å²) in [6.45, 7) is 6.21. The van der Waals surface area contributed by atoms with Crippen LogP contribution in [0.3, 0.4) is 0 Å². The van der Waals surface area contributed by atoms with Crippen LogP contribution in [0.25, 0.3) is 5.76 Å². The number of hydrogen-bond donors (Lipinski definition) is 1. The van der Waals surface area contributed by atoms with Gasteiger partial charge in [-0.25, -0.2) is 0 Å². The number of carbonyl (C=O) groups excluding carboxylic acids is 2. The second-order valence-electron chi connectivity index (χ2n) is 7.81. The quantitative estimate of drug-likeness (QED) is 0.276. The number of furan rings is 1. The molecule has 35 heavy (non-hydrogen) atoms. The van der Waals surface area contributed by atoms with Crippen LogP contribution in [0.2, 0.25) is 0 Å². The molecule has 0 bridgehead atoms. The van der Waals surface area contributed by atoms with E-state index in [0.717, 1.165) is 0 Å². The standard InChI is InChI=1S/C27H27NO7/c1-5-33-17-12-13-18(22(15-17)34-6-2)25(29)23-24(21-14-11-16(3)35-21)28(27(31)26(23)30)19-9-7-8-10-20(19)32-4/h7-15,24,29H,5-6H2,1-4H3/b25-23-. The van der Waals surface area contributed by atoms with Gasteiger partial charge >= 0.3 is 0 Å². The molecule has 3 aromatic rings. The highest BCUT2D eigenvalue weighted by Crippen LogP contribution is 2.46. The van der Waals surface area contributed by atoms with E-state index >= 15 is 0 Å². The Balaban J connectivity index is 1.95. The first-order chi connectivity index (χ1) is 16.9. The highest BCUT2D eigenvalue weighted by Gasteiger charge is 2.49. The molecule has 1 unspecified atom stereocenters. The molecular formula is C27H27NO7. The minimum atomic E-state index is -1.01.